The molecule has 3 heteroatoms. The highest BCUT2D eigenvalue weighted by atomic mass is 16.3. The Balaban J connectivity index is 1.92. The molecule has 3 nitrogen and oxygen atoms in total. The summed E-state index contributed by atoms with van der Waals surface area (Å²) >= 11 is 0. The molecular weight excluding hydrogens is 236 g/mol. The first kappa shape index (κ1) is 12.4. The maximum atomic E-state index is 10.4. The van der Waals surface area contributed by atoms with Crippen molar-refractivity contribution >= 4 is 10.9 Å². The normalized spacial score (nSPS) is 16.9. The van der Waals surface area contributed by atoms with Gasteiger partial charge in [-0.1, -0.05) is 24.6 Å². The lowest BCUT2D eigenvalue weighted by Gasteiger charge is -2.26. The van der Waals surface area contributed by atoms with Crippen molar-refractivity contribution in [3.8, 4) is 5.75 Å². The average Bonchev–Trinajstić information content (AvgIpc) is 2.44. The largest absolute Gasteiger partial charge is 0.505 e. The van der Waals surface area contributed by atoms with E-state index in [2.05, 4.69) is 16.0 Å². The summed E-state index contributed by atoms with van der Waals surface area (Å²) in [5.41, 5.74) is 2.67. The molecule has 2 aromatic rings. The monoisotopic (exact) mass is 256 g/mol. The van der Waals surface area contributed by atoms with Crippen molar-refractivity contribution in [1.82, 2.24) is 9.88 Å². The molecule has 0 atom stereocenters. The average molecular weight is 256 g/mol. The number of phenolic OH excluding ortho intramolecular Hbond substituents is 1. The fraction of sp³-hybridized carbons (Fsp3) is 0.438. The molecule has 0 unspecified atom stereocenters. The molecule has 0 radical (unpaired) electrons. The molecule has 0 saturated carbocycles. The Morgan fingerprint density at radius 1 is 1.11 bits per heavy atom. The molecule has 1 aliphatic rings. The molecule has 1 fully saturated rings. The van der Waals surface area contributed by atoms with Crippen molar-refractivity contribution in [2.75, 3.05) is 13.1 Å². The molecule has 1 N–H and O–H groups in total. The number of phenols is 1. The van der Waals surface area contributed by atoms with Gasteiger partial charge >= 0.3 is 0 Å². The summed E-state index contributed by atoms with van der Waals surface area (Å²) in [6.45, 7) is 5.06. The first-order valence-corrected chi connectivity index (χ1v) is 7.04. The third kappa shape index (κ3) is 2.56. The fourth-order valence-electron chi connectivity index (χ4n) is 2.80. The Bertz CT molecular complexity index is 589. The minimum absolute atomic E-state index is 0.353. The van der Waals surface area contributed by atoms with Crippen LogP contribution in [0.5, 0.6) is 5.75 Å². The summed E-state index contributed by atoms with van der Waals surface area (Å²) in [6.07, 6.45) is 3.87. The zero-order valence-corrected chi connectivity index (χ0v) is 11.4. The van der Waals surface area contributed by atoms with E-state index >= 15 is 0 Å². The smallest absolute Gasteiger partial charge is 0.146 e. The number of likely N-dealkylation sites (tertiary alicyclic amines) is 1. The number of nitrogens with zero attached hydrogens (tertiary/aromatic N) is 2. The first-order valence-electron chi connectivity index (χ1n) is 7.04. The minimum Gasteiger partial charge on any atom is -0.505 e. The predicted molar refractivity (Wildman–Crippen MR) is 77.3 cm³/mol. The van der Waals surface area contributed by atoms with E-state index in [1.54, 1.807) is 0 Å². The van der Waals surface area contributed by atoms with E-state index in [1.807, 2.05) is 25.1 Å². The van der Waals surface area contributed by atoms with Gasteiger partial charge < -0.3 is 5.11 Å². The molecule has 0 bridgehead atoms. The second kappa shape index (κ2) is 5.17. The third-order valence-electron chi connectivity index (χ3n) is 3.90. The van der Waals surface area contributed by atoms with Crippen molar-refractivity contribution < 1.29 is 5.11 Å². The zero-order valence-electron chi connectivity index (χ0n) is 11.4. The quantitative estimate of drug-likeness (QED) is 0.896. The van der Waals surface area contributed by atoms with Gasteiger partial charge in [-0.15, -0.1) is 0 Å². The summed E-state index contributed by atoms with van der Waals surface area (Å²) in [5, 5.41) is 11.4. The standard InChI is InChI=1S/C16H20N2O/c1-12-5-6-13-7-8-14(16(19)15(13)17-12)11-18-9-3-2-4-10-18/h5-8,19H,2-4,9-11H2,1H3. The van der Waals surface area contributed by atoms with E-state index < -0.39 is 0 Å². The van der Waals surface area contributed by atoms with Crippen LogP contribution < -0.4 is 0 Å². The Kier molecular flexibility index (Phi) is 3.38. The van der Waals surface area contributed by atoms with Crippen LogP contribution in [0.2, 0.25) is 0 Å². The van der Waals surface area contributed by atoms with Gasteiger partial charge in [-0.3, -0.25) is 4.90 Å². The number of aromatic hydroxyl groups is 1. The van der Waals surface area contributed by atoms with E-state index in [4.69, 9.17) is 0 Å². The van der Waals surface area contributed by atoms with Crippen molar-refractivity contribution in [2.24, 2.45) is 0 Å². The van der Waals surface area contributed by atoms with Crippen LogP contribution in [-0.4, -0.2) is 28.1 Å². The number of pyridine rings is 1. The van der Waals surface area contributed by atoms with Crippen LogP contribution in [0, 0.1) is 6.92 Å². The fourth-order valence-corrected chi connectivity index (χ4v) is 2.80. The SMILES string of the molecule is Cc1ccc2ccc(CN3CCCCC3)c(O)c2n1. The van der Waals surface area contributed by atoms with Crippen LogP contribution in [0.1, 0.15) is 30.5 Å². The number of hydrogen-bond donors (Lipinski definition) is 1. The highest BCUT2D eigenvalue weighted by Gasteiger charge is 2.14. The van der Waals surface area contributed by atoms with E-state index in [1.165, 1.54) is 19.3 Å². The van der Waals surface area contributed by atoms with Crippen molar-refractivity contribution in [1.29, 1.82) is 0 Å². The second-order valence-corrected chi connectivity index (χ2v) is 5.43. The molecule has 0 spiro atoms. The Hall–Kier alpha value is -1.61. The maximum absolute atomic E-state index is 10.4. The lowest BCUT2D eigenvalue weighted by molar-refractivity contribution is 0.218. The van der Waals surface area contributed by atoms with E-state index in [-0.39, 0.29) is 0 Å². The summed E-state index contributed by atoms with van der Waals surface area (Å²) in [4.78, 5) is 6.88. The van der Waals surface area contributed by atoms with Gasteiger partial charge in [0.1, 0.15) is 11.3 Å². The van der Waals surface area contributed by atoms with Gasteiger partial charge in [-0.2, -0.15) is 0 Å². The van der Waals surface area contributed by atoms with E-state index in [0.717, 1.165) is 41.8 Å². The number of piperidine rings is 1. The van der Waals surface area contributed by atoms with Crippen LogP contribution in [-0.2, 0) is 6.54 Å². The topological polar surface area (TPSA) is 36.4 Å². The van der Waals surface area contributed by atoms with Crippen LogP contribution >= 0.6 is 0 Å². The van der Waals surface area contributed by atoms with Gasteiger partial charge in [0, 0.05) is 23.2 Å². The lowest BCUT2D eigenvalue weighted by atomic mass is 10.1. The van der Waals surface area contributed by atoms with Gasteiger partial charge in [-0.05, 0) is 38.9 Å². The molecule has 0 aliphatic carbocycles. The van der Waals surface area contributed by atoms with Gasteiger partial charge in [0.2, 0.25) is 0 Å². The number of benzene rings is 1. The number of rotatable bonds is 2. The molecule has 2 heterocycles. The molecule has 1 aromatic heterocycles. The molecular formula is C16H20N2O. The highest BCUT2D eigenvalue weighted by Crippen LogP contribution is 2.29. The summed E-state index contributed by atoms with van der Waals surface area (Å²) in [5.74, 6) is 0.353. The second-order valence-electron chi connectivity index (χ2n) is 5.43. The highest BCUT2D eigenvalue weighted by molar-refractivity contribution is 5.85. The zero-order chi connectivity index (χ0) is 13.2. The van der Waals surface area contributed by atoms with Gasteiger partial charge in [0.25, 0.3) is 0 Å². The molecule has 100 valence electrons. The Morgan fingerprint density at radius 2 is 1.84 bits per heavy atom. The number of aryl methyl sites for hydroxylation is 1. The van der Waals surface area contributed by atoms with Gasteiger partial charge in [-0.25, -0.2) is 4.98 Å². The van der Waals surface area contributed by atoms with Gasteiger partial charge in [0.05, 0.1) is 0 Å². The third-order valence-corrected chi connectivity index (χ3v) is 3.90. The number of hydrogen-bond acceptors (Lipinski definition) is 3. The first-order chi connectivity index (χ1) is 9.24. The summed E-state index contributed by atoms with van der Waals surface area (Å²) in [7, 11) is 0. The Labute approximate surface area is 113 Å². The molecule has 1 saturated heterocycles. The minimum atomic E-state index is 0.353. The van der Waals surface area contributed by atoms with Crippen molar-refractivity contribution in [2.45, 2.75) is 32.7 Å². The number of fused-ring (bicyclic) bond motifs is 1. The van der Waals surface area contributed by atoms with E-state index in [0.29, 0.717) is 5.75 Å². The van der Waals surface area contributed by atoms with Crippen molar-refractivity contribution in [3.05, 3.63) is 35.5 Å². The van der Waals surface area contributed by atoms with Gasteiger partial charge in [0.15, 0.2) is 0 Å². The molecule has 3 rings (SSSR count). The van der Waals surface area contributed by atoms with Crippen LogP contribution in [0.4, 0.5) is 0 Å². The lowest BCUT2D eigenvalue weighted by Crippen LogP contribution is -2.29. The summed E-state index contributed by atoms with van der Waals surface area (Å²) < 4.78 is 0. The predicted octanol–water partition coefficient (Wildman–Crippen LogP) is 3.23. The van der Waals surface area contributed by atoms with Crippen molar-refractivity contribution in [3.63, 3.8) is 0 Å². The van der Waals surface area contributed by atoms with Crippen LogP contribution in [0.3, 0.4) is 0 Å². The maximum Gasteiger partial charge on any atom is 0.146 e. The molecule has 1 aliphatic heterocycles. The molecule has 19 heavy (non-hydrogen) atoms. The summed E-state index contributed by atoms with van der Waals surface area (Å²) in [6, 6.07) is 8.08. The van der Waals surface area contributed by atoms with Crippen LogP contribution in [0.15, 0.2) is 24.3 Å². The molecule has 0 amide bonds. The van der Waals surface area contributed by atoms with E-state index in [9.17, 15) is 5.11 Å². The van der Waals surface area contributed by atoms with Crippen LogP contribution in [0.25, 0.3) is 10.9 Å². The number of aromatic nitrogens is 1. The Morgan fingerprint density at radius 3 is 2.63 bits per heavy atom. The molecule has 1 aromatic carbocycles.